The third-order valence-corrected chi connectivity index (χ3v) is 9.41. The van der Waals surface area contributed by atoms with E-state index < -0.39 is 34.3 Å². The smallest absolute Gasteiger partial charge is 0.264 e. The number of benzene rings is 4. The molecule has 0 saturated carbocycles. The highest BCUT2D eigenvalue weighted by Crippen LogP contribution is 2.26. The molecule has 0 unspecified atom stereocenters. The Kier molecular flexibility index (Phi) is 11.7. The van der Waals surface area contributed by atoms with Gasteiger partial charge in [-0.25, -0.2) is 12.8 Å². The number of unbranched alkanes of at least 4 members (excludes halogenated alkanes) is 1. The molecule has 0 saturated heterocycles. The molecule has 0 aliphatic rings. The fourth-order valence-electron chi connectivity index (χ4n) is 4.82. The Morgan fingerprint density at radius 3 is 2.13 bits per heavy atom. The average molecular weight is 650 g/mol. The molecular weight excluding hydrogens is 613 g/mol. The highest BCUT2D eigenvalue weighted by Gasteiger charge is 2.34. The number of sulfonamides is 1. The van der Waals surface area contributed by atoms with Gasteiger partial charge in [-0.2, -0.15) is 0 Å². The van der Waals surface area contributed by atoms with Gasteiger partial charge < -0.3 is 10.2 Å². The fraction of sp³-hybridized carbons (Fsp3) is 0.257. The van der Waals surface area contributed by atoms with Gasteiger partial charge >= 0.3 is 0 Å². The fourth-order valence-corrected chi connectivity index (χ4v) is 6.36. The van der Waals surface area contributed by atoms with Crippen LogP contribution in [0.15, 0.2) is 108 Å². The van der Waals surface area contributed by atoms with E-state index >= 15 is 0 Å². The Balaban J connectivity index is 1.78. The van der Waals surface area contributed by atoms with E-state index in [1.807, 2.05) is 44.2 Å². The number of carbonyl (C=O) groups is 2. The summed E-state index contributed by atoms with van der Waals surface area (Å²) < 4.78 is 42.9. The van der Waals surface area contributed by atoms with Gasteiger partial charge in [0.1, 0.15) is 18.4 Å². The van der Waals surface area contributed by atoms with Gasteiger partial charge in [0.25, 0.3) is 10.0 Å². The van der Waals surface area contributed by atoms with Crippen LogP contribution in [0.4, 0.5) is 10.1 Å². The van der Waals surface area contributed by atoms with E-state index in [0.29, 0.717) is 17.1 Å². The molecule has 2 amide bonds. The summed E-state index contributed by atoms with van der Waals surface area (Å²) in [5.41, 5.74) is 2.62. The van der Waals surface area contributed by atoms with E-state index in [2.05, 4.69) is 5.32 Å². The molecule has 4 aromatic carbocycles. The third kappa shape index (κ3) is 9.15. The van der Waals surface area contributed by atoms with Crippen molar-refractivity contribution in [1.29, 1.82) is 0 Å². The number of aryl methyl sites for hydroxylation is 1. The first-order chi connectivity index (χ1) is 21.6. The maximum atomic E-state index is 14.4. The molecule has 0 aliphatic heterocycles. The van der Waals surface area contributed by atoms with Crippen molar-refractivity contribution in [3.63, 3.8) is 0 Å². The quantitative estimate of drug-likeness (QED) is 0.157. The molecule has 0 spiro atoms. The van der Waals surface area contributed by atoms with Gasteiger partial charge in [0, 0.05) is 24.5 Å². The largest absolute Gasteiger partial charge is 0.354 e. The Morgan fingerprint density at radius 1 is 0.867 bits per heavy atom. The molecule has 4 rings (SSSR count). The highest BCUT2D eigenvalue weighted by molar-refractivity contribution is 7.92. The number of rotatable bonds is 14. The third-order valence-electron chi connectivity index (χ3n) is 7.37. The maximum Gasteiger partial charge on any atom is 0.264 e. The normalized spacial score (nSPS) is 11.9. The van der Waals surface area contributed by atoms with Crippen molar-refractivity contribution in [3.8, 4) is 0 Å². The molecule has 7 nitrogen and oxygen atoms in total. The van der Waals surface area contributed by atoms with E-state index in [9.17, 15) is 22.4 Å². The predicted octanol–water partition coefficient (Wildman–Crippen LogP) is 6.54. The Labute approximate surface area is 269 Å². The van der Waals surface area contributed by atoms with Gasteiger partial charge in [-0.1, -0.05) is 85.1 Å². The van der Waals surface area contributed by atoms with Gasteiger partial charge in [-0.05, 0) is 73.0 Å². The summed E-state index contributed by atoms with van der Waals surface area (Å²) in [7, 11) is -4.24. The van der Waals surface area contributed by atoms with Crippen molar-refractivity contribution in [1.82, 2.24) is 10.2 Å². The zero-order valence-electron chi connectivity index (χ0n) is 25.3. The van der Waals surface area contributed by atoms with Crippen molar-refractivity contribution < 1.29 is 22.4 Å². The first kappa shape index (κ1) is 33.7. The Morgan fingerprint density at radius 2 is 1.51 bits per heavy atom. The Bertz CT molecular complexity index is 1670. The number of anilines is 1. The lowest BCUT2D eigenvalue weighted by atomic mass is 10.0. The van der Waals surface area contributed by atoms with Gasteiger partial charge in [0.05, 0.1) is 10.6 Å². The minimum atomic E-state index is -4.24. The summed E-state index contributed by atoms with van der Waals surface area (Å²) >= 11 is 6.03. The summed E-state index contributed by atoms with van der Waals surface area (Å²) in [4.78, 5) is 29.5. The topological polar surface area (TPSA) is 86.8 Å². The number of hydrogen-bond donors (Lipinski definition) is 1. The van der Waals surface area contributed by atoms with Crippen LogP contribution in [0.2, 0.25) is 5.02 Å². The summed E-state index contributed by atoms with van der Waals surface area (Å²) in [6.07, 6.45) is 1.83. The monoisotopic (exact) mass is 649 g/mol. The number of carbonyl (C=O) groups excluding carboxylic acids is 2. The molecule has 45 heavy (non-hydrogen) atoms. The van der Waals surface area contributed by atoms with Crippen LogP contribution in [-0.2, 0) is 32.6 Å². The minimum Gasteiger partial charge on any atom is -0.354 e. The molecule has 1 N–H and O–H groups in total. The van der Waals surface area contributed by atoms with E-state index in [4.69, 9.17) is 11.6 Å². The number of amides is 2. The van der Waals surface area contributed by atoms with Crippen molar-refractivity contribution in [2.45, 2.75) is 50.6 Å². The van der Waals surface area contributed by atoms with Crippen molar-refractivity contribution in [2.24, 2.45) is 0 Å². The highest BCUT2D eigenvalue weighted by atomic mass is 35.5. The van der Waals surface area contributed by atoms with Gasteiger partial charge in [-0.3, -0.25) is 13.9 Å². The van der Waals surface area contributed by atoms with Crippen LogP contribution in [0.1, 0.15) is 36.5 Å². The maximum absolute atomic E-state index is 14.4. The minimum absolute atomic E-state index is 0.0384. The number of nitrogens with one attached hydrogen (secondary N) is 1. The van der Waals surface area contributed by atoms with Crippen LogP contribution in [0, 0.1) is 12.7 Å². The van der Waals surface area contributed by atoms with Crippen LogP contribution >= 0.6 is 11.6 Å². The summed E-state index contributed by atoms with van der Waals surface area (Å²) in [6, 6.07) is 26.5. The van der Waals surface area contributed by atoms with Crippen LogP contribution in [-0.4, -0.2) is 44.3 Å². The van der Waals surface area contributed by atoms with Crippen molar-refractivity contribution >= 4 is 39.1 Å². The van der Waals surface area contributed by atoms with Gasteiger partial charge in [0.2, 0.25) is 11.8 Å². The van der Waals surface area contributed by atoms with E-state index in [0.717, 1.165) is 28.3 Å². The zero-order chi connectivity index (χ0) is 32.4. The number of nitrogens with zero attached hydrogens (tertiary/aromatic N) is 2. The van der Waals surface area contributed by atoms with Gasteiger partial charge in [-0.15, -0.1) is 0 Å². The molecule has 0 fully saturated rings. The first-order valence-electron chi connectivity index (χ1n) is 14.8. The molecule has 0 aliphatic carbocycles. The lowest BCUT2D eigenvalue weighted by molar-refractivity contribution is -0.140. The number of hydrogen-bond acceptors (Lipinski definition) is 4. The van der Waals surface area contributed by atoms with E-state index in [1.54, 1.807) is 36.4 Å². The summed E-state index contributed by atoms with van der Waals surface area (Å²) in [5, 5.41) is 3.32. The molecule has 1 atom stereocenters. The zero-order valence-corrected chi connectivity index (χ0v) is 26.9. The molecule has 0 aromatic heterocycles. The summed E-state index contributed by atoms with van der Waals surface area (Å²) in [6.45, 7) is 3.70. The number of halogens is 2. The second-order valence-corrected chi connectivity index (χ2v) is 13.1. The van der Waals surface area contributed by atoms with Crippen LogP contribution in [0.3, 0.4) is 0 Å². The average Bonchev–Trinajstić information content (AvgIpc) is 3.03. The van der Waals surface area contributed by atoms with Crippen LogP contribution in [0.5, 0.6) is 0 Å². The molecular formula is C35H37ClFN3O4S. The SMILES string of the molecule is CCCCNC(=O)[C@@H](Cc1ccccc1)N(Cc1ccc(F)cc1)C(=O)CN(c1ccc(C)cc1)S(=O)(=O)c1ccc(Cl)cc1. The molecule has 0 heterocycles. The Hall–Kier alpha value is -4.21. The van der Waals surface area contributed by atoms with Crippen molar-refractivity contribution in [3.05, 3.63) is 131 Å². The van der Waals surface area contributed by atoms with E-state index in [-0.39, 0.29) is 29.5 Å². The lowest BCUT2D eigenvalue weighted by Gasteiger charge is -2.34. The first-order valence-corrected chi connectivity index (χ1v) is 16.6. The lowest BCUT2D eigenvalue weighted by Crippen LogP contribution is -2.53. The van der Waals surface area contributed by atoms with Gasteiger partial charge in [0.15, 0.2) is 0 Å². The molecule has 0 bridgehead atoms. The molecule has 0 radical (unpaired) electrons. The second-order valence-electron chi connectivity index (χ2n) is 10.8. The summed E-state index contributed by atoms with van der Waals surface area (Å²) in [5.74, 6) is -1.39. The van der Waals surface area contributed by atoms with Crippen molar-refractivity contribution in [2.75, 3.05) is 17.4 Å². The van der Waals surface area contributed by atoms with Crippen LogP contribution in [0.25, 0.3) is 0 Å². The molecule has 10 heteroatoms. The predicted molar refractivity (Wildman–Crippen MR) is 176 cm³/mol. The molecule has 236 valence electrons. The standard InChI is InChI=1S/C35H37ClFN3O4S/c1-3-4-22-38-35(42)33(23-27-8-6-5-7-9-27)39(24-28-12-16-30(37)17-13-28)34(41)25-40(31-18-10-26(2)11-19-31)45(43,44)32-20-14-29(36)15-21-32/h5-21,33H,3-4,22-25H2,1-2H3,(H,38,42)/t33-/m1/s1. The molecule has 4 aromatic rings. The second kappa shape index (κ2) is 15.7. The van der Waals surface area contributed by atoms with E-state index in [1.165, 1.54) is 41.3 Å². The van der Waals surface area contributed by atoms with Crippen LogP contribution < -0.4 is 9.62 Å².